The molecular formula is C17H18N4O. The van der Waals surface area contributed by atoms with Crippen LogP contribution in [0.3, 0.4) is 0 Å². The van der Waals surface area contributed by atoms with Crippen molar-refractivity contribution in [3.8, 4) is 0 Å². The minimum atomic E-state index is -0.115. The van der Waals surface area contributed by atoms with Gasteiger partial charge in [0.25, 0.3) is 5.91 Å². The minimum Gasteiger partial charge on any atom is -0.352 e. The summed E-state index contributed by atoms with van der Waals surface area (Å²) in [6.07, 6.45) is 2.42. The SMILES string of the molecule is Cc1cc2ncc(C(=O)NCCc3ccccc3)c(C)n2n1. The second-order valence-electron chi connectivity index (χ2n) is 5.30. The van der Waals surface area contributed by atoms with Crippen molar-refractivity contribution in [1.82, 2.24) is 19.9 Å². The molecule has 0 bridgehead atoms. The molecule has 0 saturated carbocycles. The lowest BCUT2D eigenvalue weighted by Gasteiger charge is -2.08. The predicted octanol–water partition coefficient (Wildman–Crippen LogP) is 2.32. The Morgan fingerprint density at radius 1 is 1.23 bits per heavy atom. The number of carbonyl (C=O) groups is 1. The summed E-state index contributed by atoms with van der Waals surface area (Å²) in [6, 6.07) is 12.0. The molecule has 2 heterocycles. The van der Waals surface area contributed by atoms with E-state index >= 15 is 0 Å². The maximum absolute atomic E-state index is 12.3. The third-order valence-corrected chi connectivity index (χ3v) is 3.63. The summed E-state index contributed by atoms with van der Waals surface area (Å²) in [4.78, 5) is 16.6. The van der Waals surface area contributed by atoms with Crippen molar-refractivity contribution >= 4 is 11.6 Å². The van der Waals surface area contributed by atoms with Gasteiger partial charge in [-0.05, 0) is 25.8 Å². The first-order chi connectivity index (χ1) is 10.6. The van der Waals surface area contributed by atoms with Gasteiger partial charge in [-0.2, -0.15) is 5.10 Å². The zero-order chi connectivity index (χ0) is 15.5. The number of aromatic nitrogens is 3. The summed E-state index contributed by atoms with van der Waals surface area (Å²) in [7, 11) is 0. The van der Waals surface area contributed by atoms with Gasteiger partial charge in [-0.3, -0.25) is 4.79 Å². The number of rotatable bonds is 4. The normalized spacial score (nSPS) is 10.8. The van der Waals surface area contributed by atoms with Crippen molar-refractivity contribution in [3.05, 3.63) is 65.1 Å². The number of hydrogen-bond donors (Lipinski definition) is 1. The number of aryl methyl sites for hydroxylation is 2. The van der Waals surface area contributed by atoms with Gasteiger partial charge in [0.05, 0.1) is 17.0 Å². The minimum absolute atomic E-state index is 0.115. The van der Waals surface area contributed by atoms with E-state index in [1.165, 1.54) is 5.56 Å². The second-order valence-corrected chi connectivity index (χ2v) is 5.30. The van der Waals surface area contributed by atoms with Crippen LogP contribution in [0, 0.1) is 13.8 Å². The van der Waals surface area contributed by atoms with Crippen LogP contribution in [0.15, 0.2) is 42.6 Å². The number of nitrogens with zero attached hydrogens (tertiary/aromatic N) is 3. The van der Waals surface area contributed by atoms with Crippen molar-refractivity contribution in [1.29, 1.82) is 0 Å². The molecule has 22 heavy (non-hydrogen) atoms. The Kier molecular flexibility index (Phi) is 3.87. The molecule has 0 aliphatic heterocycles. The van der Waals surface area contributed by atoms with Crippen LogP contribution in [0.5, 0.6) is 0 Å². The van der Waals surface area contributed by atoms with Crippen LogP contribution in [-0.2, 0) is 6.42 Å². The van der Waals surface area contributed by atoms with Gasteiger partial charge in [-0.25, -0.2) is 9.50 Å². The second kappa shape index (κ2) is 5.97. The molecule has 5 nitrogen and oxygen atoms in total. The summed E-state index contributed by atoms with van der Waals surface area (Å²) < 4.78 is 1.71. The summed E-state index contributed by atoms with van der Waals surface area (Å²) in [5.41, 5.74) is 4.21. The van der Waals surface area contributed by atoms with Crippen LogP contribution in [0.2, 0.25) is 0 Å². The maximum Gasteiger partial charge on any atom is 0.254 e. The summed E-state index contributed by atoms with van der Waals surface area (Å²) in [5, 5.41) is 7.30. The van der Waals surface area contributed by atoms with E-state index in [0.717, 1.165) is 23.5 Å². The van der Waals surface area contributed by atoms with Crippen molar-refractivity contribution in [2.24, 2.45) is 0 Å². The predicted molar refractivity (Wildman–Crippen MR) is 84.9 cm³/mol. The number of hydrogen-bond acceptors (Lipinski definition) is 3. The molecule has 1 aromatic carbocycles. The number of nitrogens with one attached hydrogen (secondary N) is 1. The molecule has 0 aliphatic rings. The maximum atomic E-state index is 12.3. The zero-order valence-corrected chi connectivity index (χ0v) is 12.7. The Hall–Kier alpha value is -2.69. The molecule has 3 aromatic rings. The fraction of sp³-hybridized carbons (Fsp3) is 0.235. The van der Waals surface area contributed by atoms with E-state index in [9.17, 15) is 4.79 Å². The van der Waals surface area contributed by atoms with Crippen molar-refractivity contribution in [2.75, 3.05) is 6.54 Å². The smallest absolute Gasteiger partial charge is 0.254 e. The molecular weight excluding hydrogens is 276 g/mol. The molecule has 2 aromatic heterocycles. The Morgan fingerprint density at radius 2 is 2.00 bits per heavy atom. The molecule has 0 saturated heterocycles. The van der Waals surface area contributed by atoms with Gasteiger partial charge < -0.3 is 5.32 Å². The average molecular weight is 294 g/mol. The van der Waals surface area contributed by atoms with E-state index < -0.39 is 0 Å². The van der Waals surface area contributed by atoms with Gasteiger partial charge in [0.1, 0.15) is 0 Å². The average Bonchev–Trinajstić information content (AvgIpc) is 2.90. The number of benzene rings is 1. The molecule has 112 valence electrons. The molecule has 1 N–H and O–H groups in total. The van der Waals surface area contributed by atoms with Crippen molar-refractivity contribution in [2.45, 2.75) is 20.3 Å². The molecule has 0 unspecified atom stereocenters. The van der Waals surface area contributed by atoms with Gasteiger partial charge in [0, 0.05) is 18.8 Å². The Labute approximate surface area is 129 Å². The zero-order valence-electron chi connectivity index (χ0n) is 12.7. The lowest BCUT2D eigenvalue weighted by atomic mass is 10.1. The van der Waals surface area contributed by atoms with Gasteiger partial charge in [0.2, 0.25) is 0 Å². The fourth-order valence-electron chi connectivity index (χ4n) is 2.45. The third-order valence-electron chi connectivity index (χ3n) is 3.63. The van der Waals surface area contributed by atoms with Crippen LogP contribution in [0.25, 0.3) is 5.65 Å². The van der Waals surface area contributed by atoms with Crippen LogP contribution in [-0.4, -0.2) is 27.0 Å². The summed E-state index contributed by atoms with van der Waals surface area (Å²) >= 11 is 0. The largest absolute Gasteiger partial charge is 0.352 e. The van der Waals surface area contributed by atoms with Crippen molar-refractivity contribution in [3.63, 3.8) is 0 Å². The van der Waals surface area contributed by atoms with E-state index in [0.29, 0.717) is 12.1 Å². The van der Waals surface area contributed by atoms with E-state index in [1.807, 2.05) is 38.1 Å². The molecule has 1 amide bonds. The first-order valence-electron chi connectivity index (χ1n) is 7.29. The Bertz CT molecular complexity index is 808. The van der Waals surface area contributed by atoms with Crippen LogP contribution in [0.4, 0.5) is 0 Å². The van der Waals surface area contributed by atoms with E-state index in [-0.39, 0.29) is 5.91 Å². The van der Waals surface area contributed by atoms with Gasteiger partial charge in [-0.15, -0.1) is 0 Å². The van der Waals surface area contributed by atoms with E-state index in [2.05, 4.69) is 27.5 Å². The lowest BCUT2D eigenvalue weighted by molar-refractivity contribution is 0.0952. The van der Waals surface area contributed by atoms with E-state index in [1.54, 1.807) is 10.7 Å². The van der Waals surface area contributed by atoms with Crippen LogP contribution in [0.1, 0.15) is 27.3 Å². The highest BCUT2D eigenvalue weighted by Crippen LogP contribution is 2.11. The monoisotopic (exact) mass is 294 g/mol. The highest BCUT2D eigenvalue weighted by atomic mass is 16.1. The molecule has 0 atom stereocenters. The van der Waals surface area contributed by atoms with Gasteiger partial charge in [-0.1, -0.05) is 30.3 Å². The first-order valence-corrected chi connectivity index (χ1v) is 7.29. The number of carbonyl (C=O) groups excluding carboxylic acids is 1. The summed E-state index contributed by atoms with van der Waals surface area (Å²) in [6.45, 7) is 4.39. The van der Waals surface area contributed by atoms with E-state index in [4.69, 9.17) is 0 Å². The van der Waals surface area contributed by atoms with Crippen molar-refractivity contribution < 1.29 is 4.79 Å². The number of fused-ring (bicyclic) bond motifs is 1. The highest BCUT2D eigenvalue weighted by molar-refractivity contribution is 5.95. The highest BCUT2D eigenvalue weighted by Gasteiger charge is 2.13. The van der Waals surface area contributed by atoms with Crippen LogP contribution >= 0.6 is 0 Å². The molecule has 0 radical (unpaired) electrons. The van der Waals surface area contributed by atoms with Gasteiger partial charge in [0.15, 0.2) is 5.65 Å². The third kappa shape index (κ3) is 2.83. The lowest BCUT2D eigenvalue weighted by Crippen LogP contribution is -2.27. The van der Waals surface area contributed by atoms with Gasteiger partial charge >= 0.3 is 0 Å². The summed E-state index contributed by atoms with van der Waals surface area (Å²) in [5.74, 6) is -0.115. The number of amides is 1. The molecule has 0 fully saturated rings. The first kappa shape index (κ1) is 14.3. The molecule has 0 spiro atoms. The molecule has 3 rings (SSSR count). The Balaban J connectivity index is 1.71. The molecule has 5 heteroatoms. The topological polar surface area (TPSA) is 59.3 Å². The van der Waals surface area contributed by atoms with Crippen LogP contribution < -0.4 is 5.32 Å². The quantitative estimate of drug-likeness (QED) is 0.803. The standard InChI is InChI=1S/C17H18N4O/c1-12-10-16-19-11-15(13(2)21(16)20-12)17(22)18-9-8-14-6-4-3-5-7-14/h3-7,10-11H,8-9H2,1-2H3,(H,18,22). The molecule has 0 aliphatic carbocycles. The Morgan fingerprint density at radius 3 is 2.77 bits per heavy atom. The fourth-order valence-corrected chi connectivity index (χ4v) is 2.45.